The second kappa shape index (κ2) is 6.44. The molecule has 1 aliphatic rings. The summed E-state index contributed by atoms with van der Waals surface area (Å²) in [7, 11) is 1.84. The first-order valence-corrected chi connectivity index (χ1v) is 8.07. The van der Waals surface area contributed by atoms with Gasteiger partial charge in [0.05, 0.1) is 12.8 Å². The van der Waals surface area contributed by atoms with E-state index in [1.807, 2.05) is 37.6 Å². The lowest BCUT2D eigenvalue weighted by Gasteiger charge is -2.18. The van der Waals surface area contributed by atoms with E-state index < -0.39 is 0 Å². The molecule has 2 aromatic heterocycles. The summed E-state index contributed by atoms with van der Waals surface area (Å²) in [5.74, 6) is 0.896. The average Bonchev–Trinajstić information content (AvgIpc) is 3.08. The SMILES string of the molecule is Cc1ccc(C)n1-c1c(C(=O)OCC2CC=CCC2)cnn1C. The number of carbonyl (C=O) groups is 1. The number of rotatable bonds is 4. The van der Waals surface area contributed by atoms with Crippen LogP contribution in [0.2, 0.25) is 0 Å². The molecule has 5 heteroatoms. The molecule has 1 unspecified atom stereocenters. The number of carbonyl (C=O) groups excluding carboxylic acids is 1. The second-order valence-electron chi connectivity index (χ2n) is 6.21. The maximum Gasteiger partial charge on any atom is 0.343 e. The van der Waals surface area contributed by atoms with Gasteiger partial charge < -0.3 is 9.30 Å². The Hall–Kier alpha value is -2.30. The Bertz CT molecular complexity index is 720. The molecule has 1 atom stereocenters. The molecule has 0 fully saturated rings. The summed E-state index contributed by atoms with van der Waals surface area (Å²) in [6, 6.07) is 4.07. The van der Waals surface area contributed by atoms with E-state index in [0.717, 1.165) is 36.5 Å². The van der Waals surface area contributed by atoms with Crippen LogP contribution in [0, 0.1) is 19.8 Å². The lowest BCUT2D eigenvalue weighted by molar-refractivity contribution is 0.0432. The van der Waals surface area contributed by atoms with E-state index in [1.165, 1.54) is 0 Å². The van der Waals surface area contributed by atoms with Crippen LogP contribution in [0.1, 0.15) is 41.0 Å². The lowest BCUT2D eigenvalue weighted by atomic mass is 9.95. The van der Waals surface area contributed by atoms with Crippen molar-refractivity contribution in [2.24, 2.45) is 13.0 Å². The lowest BCUT2D eigenvalue weighted by Crippen LogP contribution is -2.17. The average molecular weight is 313 g/mol. The molecule has 0 bridgehead atoms. The summed E-state index contributed by atoms with van der Waals surface area (Å²) in [4.78, 5) is 12.5. The van der Waals surface area contributed by atoms with Crippen LogP contribution in [-0.4, -0.2) is 26.9 Å². The number of aromatic nitrogens is 3. The standard InChI is InChI=1S/C18H23N3O2/c1-13-9-10-14(2)21(13)17-16(11-19-20(17)3)18(22)23-12-15-7-5-4-6-8-15/h4-5,9-11,15H,6-8,12H2,1-3H3. The molecule has 23 heavy (non-hydrogen) atoms. The number of aryl methyl sites for hydroxylation is 3. The van der Waals surface area contributed by atoms with Gasteiger partial charge in [-0.05, 0) is 51.2 Å². The zero-order valence-electron chi connectivity index (χ0n) is 14.0. The van der Waals surface area contributed by atoms with Gasteiger partial charge in [-0.15, -0.1) is 0 Å². The number of hydrogen-bond donors (Lipinski definition) is 0. The van der Waals surface area contributed by atoms with Gasteiger partial charge >= 0.3 is 5.97 Å². The normalized spacial score (nSPS) is 17.4. The summed E-state index contributed by atoms with van der Waals surface area (Å²) < 4.78 is 9.32. The van der Waals surface area contributed by atoms with Crippen molar-refractivity contribution in [2.75, 3.05) is 6.61 Å². The van der Waals surface area contributed by atoms with Crippen LogP contribution in [0.4, 0.5) is 0 Å². The monoisotopic (exact) mass is 313 g/mol. The van der Waals surface area contributed by atoms with Gasteiger partial charge in [-0.2, -0.15) is 5.10 Å². The van der Waals surface area contributed by atoms with E-state index in [-0.39, 0.29) is 5.97 Å². The van der Waals surface area contributed by atoms with Crippen molar-refractivity contribution in [3.8, 4) is 5.82 Å². The fraction of sp³-hybridized carbons (Fsp3) is 0.444. The Kier molecular flexibility index (Phi) is 4.37. The van der Waals surface area contributed by atoms with Crippen molar-refractivity contribution in [1.29, 1.82) is 0 Å². The Balaban J connectivity index is 1.80. The third-order valence-corrected chi connectivity index (χ3v) is 4.44. The largest absolute Gasteiger partial charge is 0.462 e. The third kappa shape index (κ3) is 3.09. The van der Waals surface area contributed by atoms with E-state index in [2.05, 4.69) is 17.3 Å². The van der Waals surface area contributed by atoms with Crippen LogP contribution < -0.4 is 0 Å². The Morgan fingerprint density at radius 3 is 2.70 bits per heavy atom. The molecule has 3 rings (SSSR count). The predicted molar refractivity (Wildman–Crippen MR) is 88.8 cm³/mol. The van der Waals surface area contributed by atoms with Gasteiger partial charge in [0.15, 0.2) is 0 Å². The van der Waals surface area contributed by atoms with Crippen molar-refractivity contribution in [3.63, 3.8) is 0 Å². The molecule has 2 aromatic rings. The molecule has 0 aromatic carbocycles. The smallest absolute Gasteiger partial charge is 0.343 e. The fourth-order valence-electron chi connectivity index (χ4n) is 3.12. The van der Waals surface area contributed by atoms with Crippen molar-refractivity contribution < 1.29 is 9.53 Å². The van der Waals surface area contributed by atoms with Gasteiger partial charge in [0.1, 0.15) is 11.4 Å². The van der Waals surface area contributed by atoms with Crippen LogP contribution >= 0.6 is 0 Å². The van der Waals surface area contributed by atoms with Gasteiger partial charge in [-0.3, -0.25) is 4.68 Å². The molecule has 0 radical (unpaired) electrons. The van der Waals surface area contributed by atoms with Crippen molar-refractivity contribution >= 4 is 5.97 Å². The Morgan fingerprint density at radius 2 is 2.04 bits per heavy atom. The number of hydrogen-bond acceptors (Lipinski definition) is 3. The summed E-state index contributed by atoms with van der Waals surface area (Å²) >= 11 is 0. The van der Waals surface area contributed by atoms with E-state index in [4.69, 9.17) is 4.74 Å². The highest BCUT2D eigenvalue weighted by atomic mass is 16.5. The quantitative estimate of drug-likeness (QED) is 0.642. The zero-order chi connectivity index (χ0) is 16.4. The van der Waals surface area contributed by atoms with Crippen molar-refractivity contribution in [3.05, 3.63) is 47.4 Å². The first-order valence-electron chi connectivity index (χ1n) is 8.07. The number of nitrogens with zero attached hydrogens (tertiary/aromatic N) is 3. The first-order chi connectivity index (χ1) is 11.1. The van der Waals surface area contributed by atoms with Crippen LogP contribution in [0.15, 0.2) is 30.5 Å². The van der Waals surface area contributed by atoms with Crippen LogP contribution in [0.5, 0.6) is 0 Å². The van der Waals surface area contributed by atoms with Crippen LogP contribution in [0.3, 0.4) is 0 Å². The van der Waals surface area contributed by atoms with Crippen LogP contribution in [-0.2, 0) is 11.8 Å². The van der Waals surface area contributed by atoms with E-state index >= 15 is 0 Å². The fourth-order valence-corrected chi connectivity index (χ4v) is 3.12. The third-order valence-electron chi connectivity index (χ3n) is 4.44. The highest BCUT2D eigenvalue weighted by molar-refractivity contribution is 5.92. The minimum absolute atomic E-state index is 0.296. The molecule has 5 nitrogen and oxygen atoms in total. The number of ether oxygens (including phenoxy) is 1. The topological polar surface area (TPSA) is 49.1 Å². The summed E-state index contributed by atoms with van der Waals surface area (Å²) in [6.45, 7) is 4.51. The Morgan fingerprint density at radius 1 is 1.30 bits per heavy atom. The maximum absolute atomic E-state index is 12.5. The highest BCUT2D eigenvalue weighted by Gasteiger charge is 2.22. The van der Waals surface area contributed by atoms with E-state index in [1.54, 1.807) is 10.9 Å². The van der Waals surface area contributed by atoms with Crippen LogP contribution in [0.25, 0.3) is 5.82 Å². The number of allylic oxidation sites excluding steroid dienone is 2. The molecule has 122 valence electrons. The molecule has 0 N–H and O–H groups in total. The molecule has 0 saturated carbocycles. The second-order valence-corrected chi connectivity index (χ2v) is 6.21. The highest BCUT2D eigenvalue weighted by Crippen LogP contribution is 2.22. The van der Waals surface area contributed by atoms with E-state index in [0.29, 0.717) is 18.1 Å². The molecule has 2 heterocycles. The number of esters is 1. The maximum atomic E-state index is 12.5. The molecular formula is C18H23N3O2. The van der Waals surface area contributed by atoms with Gasteiger partial charge in [-0.25, -0.2) is 4.79 Å². The predicted octanol–water partition coefficient (Wildman–Crippen LogP) is 3.34. The molecular weight excluding hydrogens is 290 g/mol. The summed E-state index contributed by atoms with van der Waals surface area (Å²) in [5.41, 5.74) is 2.65. The van der Waals surface area contributed by atoms with Gasteiger partial charge in [-0.1, -0.05) is 12.2 Å². The Labute approximate surface area is 136 Å². The van der Waals surface area contributed by atoms with Gasteiger partial charge in [0.2, 0.25) is 0 Å². The summed E-state index contributed by atoms with van der Waals surface area (Å²) in [6.07, 6.45) is 9.10. The summed E-state index contributed by atoms with van der Waals surface area (Å²) in [5, 5.41) is 4.25. The molecule has 0 saturated heterocycles. The van der Waals surface area contributed by atoms with E-state index in [9.17, 15) is 4.79 Å². The van der Waals surface area contributed by atoms with Crippen molar-refractivity contribution in [2.45, 2.75) is 33.1 Å². The zero-order valence-corrected chi connectivity index (χ0v) is 14.0. The first kappa shape index (κ1) is 15.6. The molecule has 0 aliphatic heterocycles. The van der Waals surface area contributed by atoms with Gasteiger partial charge in [0.25, 0.3) is 0 Å². The minimum Gasteiger partial charge on any atom is -0.462 e. The van der Waals surface area contributed by atoms with Gasteiger partial charge in [0, 0.05) is 18.4 Å². The molecule has 0 amide bonds. The minimum atomic E-state index is -0.296. The molecule has 0 spiro atoms. The van der Waals surface area contributed by atoms with Crippen molar-refractivity contribution in [1.82, 2.24) is 14.3 Å². The molecule has 1 aliphatic carbocycles.